The fraction of sp³-hybridized carbons (Fsp3) is 0.222. The first-order valence-corrected chi connectivity index (χ1v) is 6.87. The molecule has 0 unspecified atom stereocenters. The second-order valence-electron chi connectivity index (χ2n) is 4.80. The standard InChI is InChI=1S/C18H21NO/c1-3-12-19-13-17-6-4-5-7-18(17)20-14-16-10-8-15(2)9-11-16/h3-11,19H,1,12-14H2,2H3. The first-order chi connectivity index (χ1) is 9.79. The molecule has 0 atom stereocenters. The third-order valence-corrected chi connectivity index (χ3v) is 3.09. The molecule has 0 spiro atoms. The maximum atomic E-state index is 5.93. The summed E-state index contributed by atoms with van der Waals surface area (Å²) in [5.41, 5.74) is 3.62. The minimum atomic E-state index is 0.596. The highest BCUT2D eigenvalue weighted by atomic mass is 16.5. The Morgan fingerprint density at radius 1 is 1.10 bits per heavy atom. The zero-order valence-electron chi connectivity index (χ0n) is 11.9. The molecule has 0 saturated carbocycles. The van der Waals surface area contributed by atoms with Gasteiger partial charge in [0, 0.05) is 18.7 Å². The van der Waals surface area contributed by atoms with Gasteiger partial charge in [0.15, 0.2) is 0 Å². The van der Waals surface area contributed by atoms with Crippen LogP contribution in [-0.4, -0.2) is 6.54 Å². The van der Waals surface area contributed by atoms with Crippen LogP contribution in [-0.2, 0) is 13.2 Å². The molecule has 2 nitrogen and oxygen atoms in total. The van der Waals surface area contributed by atoms with Crippen molar-refractivity contribution in [1.29, 1.82) is 0 Å². The molecule has 2 aromatic carbocycles. The SMILES string of the molecule is C=CCNCc1ccccc1OCc1ccc(C)cc1. The number of nitrogens with one attached hydrogen (secondary N) is 1. The molecule has 0 bridgehead atoms. The van der Waals surface area contributed by atoms with Crippen LogP contribution in [0.4, 0.5) is 0 Å². The Labute approximate surface area is 121 Å². The Hall–Kier alpha value is -2.06. The van der Waals surface area contributed by atoms with Crippen LogP contribution in [0.1, 0.15) is 16.7 Å². The lowest BCUT2D eigenvalue weighted by molar-refractivity contribution is 0.302. The fourth-order valence-electron chi connectivity index (χ4n) is 1.94. The summed E-state index contributed by atoms with van der Waals surface area (Å²) < 4.78 is 5.93. The second kappa shape index (κ2) is 7.51. The van der Waals surface area contributed by atoms with Crippen LogP contribution in [0.2, 0.25) is 0 Å². The van der Waals surface area contributed by atoms with Gasteiger partial charge in [-0.15, -0.1) is 6.58 Å². The van der Waals surface area contributed by atoms with Gasteiger partial charge < -0.3 is 10.1 Å². The molecule has 0 fully saturated rings. The number of aryl methyl sites for hydroxylation is 1. The van der Waals surface area contributed by atoms with Crippen molar-refractivity contribution >= 4 is 0 Å². The van der Waals surface area contributed by atoms with E-state index < -0.39 is 0 Å². The van der Waals surface area contributed by atoms with E-state index in [9.17, 15) is 0 Å². The summed E-state index contributed by atoms with van der Waals surface area (Å²) in [4.78, 5) is 0. The van der Waals surface area contributed by atoms with Gasteiger partial charge in [-0.25, -0.2) is 0 Å². The molecule has 2 rings (SSSR count). The molecule has 104 valence electrons. The normalized spacial score (nSPS) is 10.2. The van der Waals surface area contributed by atoms with Gasteiger partial charge in [-0.1, -0.05) is 54.1 Å². The zero-order valence-corrected chi connectivity index (χ0v) is 11.9. The maximum absolute atomic E-state index is 5.93. The van der Waals surface area contributed by atoms with Crippen LogP contribution in [0.25, 0.3) is 0 Å². The summed E-state index contributed by atoms with van der Waals surface area (Å²) in [6.45, 7) is 7.97. The Morgan fingerprint density at radius 2 is 1.85 bits per heavy atom. The predicted molar refractivity (Wildman–Crippen MR) is 83.9 cm³/mol. The minimum Gasteiger partial charge on any atom is -0.489 e. The smallest absolute Gasteiger partial charge is 0.124 e. The van der Waals surface area contributed by atoms with E-state index in [-0.39, 0.29) is 0 Å². The van der Waals surface area contributed by atoms with Crippen LogP contribution in [0.15, 0.2) is 61.2 Å². The van der Waals surface area contributed by atoms with Gasteiger partial charge in [-0.3, -0.25) is 0 Å². The third kappa shape index (κ3) is 4.25. The molecule has 2 aromatic rings. The quantitative estimate of drug-likeness (QED) is 0.608. The number of hydrogen-bond acceptors (Lipinski definition) is 2. The number of rotatable bonds is 7. The third-order valence-electron chi connectivity index (χ3n) is 3.09. The van der Waals surface area contributed by atoms with Gasteiger partial charge in [0.2, 0.25) is 0 Å². The molecule has 0 aromatic heterocycles. The van der Waals surface area contributed by atoms with Crippen LogP contribution in [0.5, 0.6) is 5.75 Å². The lowest BCUT2D eigenvalue weighted by atomic mass is 10.1. The van der Waals surface area contributed by atoms with Crippen molar-refractivity contribution in [3.63, 3.8) is 0 Å². The lowest BCUT2D eigenvalue weighted by Gasteiger charge is -2.12. The van der Waals surface area contributed by atoms with Gasteiger partial charge in [-0.2, -0.15) is 0 Å². The molecule has 0 aliphatic heterocycles. The summed E-state index contributed by atoms with van der Waals surface area (Å²) in [5, 5.41) is 3.30. The Kier molecular flexibility index (Phi) is 5.39. The number of hydrogen-bond donors (Lipinski definition) is 1. The summed E-state index contributed by atoms with van der Waals surface area (Å²) in [6.07, 6.45) is 1.86. The van der Waals surface area contributed by atoms with Gasteiger partial charge in [0.25, 0.3) is 0 Å². The van der Waals surface area contributed by atoms with Crippen LogP contribution >= 0.6 is 0 Å². The van der Waals surface area contributed by atoms with E-state index in [1.165, 1.54) is 16.7 Å². The summed E-state index contributed by atoms with van der Waals surface area (Å²) >= 11 is 0. The molecule has 20 heavy (non-hydrogen) atoms. The van der Waals surface area contributed by atoms with E-state index in [1.54, 1.807) is 0 Å². The lowest BCUT2D eigenvalue weighted by Crippen LogP contribution is -2.13. The molecular formula is C18H21NO. The van der Waals surface area contributed by atoms with E-state index in [2.05, 4.69) is 49.2 Å². The van der Waals surface area contributed by atoms with Crippen molar-refractivity contribution in [1.82, 2.24) is 5.32 Å². The van der Waals surface area contributed by atoms with E-state index in [0.717, 1.165) is 18.8 Å². The topological polar surface area (TPSA) is 21.3 Å². The highest BCUT2D eigenvalue weighted by Gasteiger charge is 2.02. The molecule has 0 radical (unpaired) electrons. The Balaban J connectivity index is 1.97. The van der Waals surface area contributed by atoms with Crippen molar-refractivity contribution in [2.45, 2.75) is 20.1 Å². The molecule has 0 amide bonds. The fourth-order valence-corrected chi connectivity index (χ4v) is 1.94. The van der Waals surface area contributed by atoms with Crippen LogP contribution in [0.3, 0.4) is 0 Å². The summed E-state index contributed by atoms with van der Waals surface area (Å²) in [5.74, 6) is 0.935. The van der Waals surface area contributed by atoms with Crippen molar-refractivity contribution in [2.24, 2.45) is 0 Å². The maximum Gasteiger partial charge on any atom is 0.124 e. The average Bonchev–Trinajstić information content (AvgIpc) is 2.48. The molecule has 2 heteroatoms. The molecule has 0 aliphatic carbocycles. The van der Waals surface area contributed by atoms with Crippen molar-refractivity contribution in [3.05, 3.63) is 77.9 Å². The van der Waals surface area contributed by atoms with E-state index in [4.69, 9.17) is 4.74 Å². The molecule has 0 aliphatic rings. The van der Waals surface area contributed by atoms with Crippen LogP contribution in [0, 0.1) is 6.92 Å². The van der Waals surface area contributed by atoms with Crippen molar-refractivity contribution in [2.75, 3.05) is 6.54 Å². The summed E-state index contributed by atoms with van der Waals surface area (Å²) in [7, 11) is 0. The molecule has 1 N–H and O–H groups in total. The monoisotopic (exact) mass is 267 g/mol. The molecule has 0 saturated heterocycles. The van der Waals surface area contributed by atoms with E-state index >= 15 is 0 Å². The summed E-state index contributed by atoms with van der Waals surface area (Å²) in [6, 6.07) is 16.6. The molecular weight excluding hydrogens is 246 g/mol. The number of ether oxygens (including phenoxy) is 1. The largest absolute Gasteiger partial charge is 0.489 e. The molecule has 0 heterocycles. The van der Waals surface area contributed by atoms with E-state index in [0.29, 0.717) is 6.61 Å². The number of para-hydroxylation sites is 1. The van der Waals surface area contributed by atoms with Gasteiger partial charge in [-0.05, 0) is 18.6 Å². The predicted octanol–water partition coefficient (Wildman–Crippen LogP) is 3.85. The van der Waals surface area contributed by atoms with E-state index in [1.807, 2.05) is 24.3 Å². The van der Waals surface area contributed by atoms with Gasteiger partial charge in [0.05, 0.1) is 0 Å². The minimum absolute atomic E-state index is 0.596. The highest BCUT2D eigenvalue weighted by Crippen LogP contribution is 2.19. The Bertz CT molecular complexity index is 546. The second-order valence-corrected chi connectivity index (χ2v) is 4.80. The first-order valence-electron chi connectivity index (χ1n) is 6.87. The van der Waals surface area contributed by atoms with Crippen LogP contribution < -0.4 is 10.1 Å². The highest BCUT2D eigenvalue weighted by molar-refractivity contribution is 5.33. The first kappa shape index (κ1) is 14.4. The van der Waals surface area contributed by atoms with Gasteiger partial charge in [0.1, 0.15) is 12.4 Å². The zero-order chi connectivity index (χ0) is 14.2. The van der Waals surface area contributed by atoms with Crippen molar-refractivity contribution in [3.8, 4) is 5.75 Å². The van der Waals surface area contributed by atoms with Crippen molar-refractivity contribution < 1.29 is 4.74 Å². The van der Waals surface area contributed by atoms with Gasteiger partial charge >= 0.3 is 0 Å². The number of benzene rings is 2. The average molecular weight is 267 g/mol. The Morgan fingerprint density at radius 3 is 2.60 bits per heavy atom.